The third-order valence-electron chi connectivity index (χ3n) is 6.12. The summed E-state index contributed by atoms with van der Waals surface area (Å²) in [5.74, 6) is -5.27. The van der Waals surface area contributed by atoms with E-state index in [1.807, 2.05) is 0 Å². The van der Waals surface area contributed by atoms with Crippen LogP contribution in [0.25, 0.3) is 0 Å². The Morgan fingerprint density at radius 1 is 0.204 bits per heavy atom. The van der Waals surface area contributed by atoms with Gasteiger partial charge in [-0.05, 0) is 72.8 Å². The van der Waals surface area contributed by atoms with E-state index < -0.39 is 35.8 Å². The van der Waals surface area contributed by atoms with E-state index in [-0.39, 0.29) is 0 Å². The Balaban J connectivity index is 0.000000324. The molecule has 0 saturated carbocycles. The van der Waals surface area contributed by atoms with Crippen LogP contribution < -0.4 is 0 Å². The van der Waals surface area contributed by atoms with Crippen LogP contribution in [0.1, 0.15) is 62.1 Å². The normalized spacial score (nSPS) is 8.89. The van der Waals surface area contributed by atoms with E-state index in [9.17, 15) is 28.8 Å². The highest BCUT2D eigenvalue weighted by atomic mass is 16.4. The van der Waals surface area contributed by atoms with Gasteiger partial charge in [0.15, 0.2) is 0 Å². The summed E-state index contributed by atoms with van der Waals surface area (Å²) in [6, 6.07) is 49.8. The van der Waals surface area contributed by atoms with Gasteiger partial charge < -0.3 is 30.6 Å². The summed E-state index contributed by atoms with van der Waals surface area (Å²) in [7, 11) is 0. The number of aromatic carboxylic acids is 6. The molecule has 0 radical (unpaired) electrons. The average molecular weight is 733 g/mol. The maximum Gasteiger partial charge on any atom is 0.335 e. The zero-order valence-corrected chi connectivity index (χ0v) is 28.5. The fourth-order valence-corrected chi connectivity index (χ4v) is 3.48. The highest BCUT2D eigenvalue weighted by Gasteiger charge is 2.00. The van der Waals surface area contributed by atoms with Crippen molar-refractivity contribution in [2.45, 2.75) is 0 Å². The van der Waals surface area contributed by atoms with Crippen LogP contribution in [0.15, 0.2) is 182 Å². The van der Waals surface area contributed by atoms with Gasteiger partial charge in [0.05, 0.1) is 33.4 Å². The van der Waals surface area contributed by atoms with Crippen molar-refractivity contribution in [1.29, 1.82) is 0 Å². The summed E-state index contributed by atoms with van der Waals surface area (Å²) in [6.07, 6.45) is 0. The summed E-state index contributed by atoms with van der Waals surface area (Å²) >= 11 is 0. The molecule has 12 nitrogen and oxygen atoms in total. The molecule has 6 N–H and O–H groups in total. The van der Waals surface area contributed by atoms with E-state index >= 15 is 0 Å². The van der Waals surface area contributed by atoms with Crippen molar-refractivity contribution in [3.8, 4) is 0 Å². The molecule has 0 saturated heterocycles. The zero-order valence-electron chi connectivity index (χ0n) is 28.5. The largest absolute Gasteiger partial charge is 0.478 e. The summed E-state index contributed by atoms with van der Waals surface area (Å²) in [4.78, 5) is 61.2. The molecule has 0 aliphatic rings. The molecule has 6 rings (SSSR count). The number of hydrogen-bond acceptors (Lipinski definition) is 6. The van der Waals surface area contributed by atoms with Crippen LogP contribution in [-0.2, 0) is 0 Å². The molecule has 0 heterocycles. The summed E-state index contributed by atoms with van der Waals surface area (Å²) in [5.41, 5.74) is 1.99. The SMILES string of the molecule is O=C(O)c1ccccc1.O=C(O)c1ccccc1.O=C(O)c1ccccc1.O=C(O)c1ccccc1.O=C(O)c1ccccc1.O=C(O)c1ccccc1. The van der Waals surface area contributed by atoms with Gasteiger partial charge in [0.25, 0.3) is 0 Å². The first-order valence-corrected chi connectivity index (χ1v) is 15.5. The maximum absolute atomic E-state index is 10.2. The molecule has 6 aromatic carbocycles. The Bertz CT molecular complexity index is 1600. The lowest BCUT2D eigenvalue weighted by molar-refractivity contribution is 0.0686. The molecule has 0 unspecified atom stereocenters. The minimum absolute atomic E-state index is 0.331. The van der Waals surface area contributed by atoms with Gasteiger partial charge in [-0.15, -0.1) is 0 Å². The van der Waals surface area contributed by atoms with Crippen molar-refractivity contribution < 1.29 is 59.4 Å². The van der Waals surface area contributed by atoms with Crippen molar-refractivity contribution in [2.24, 2.45) is 0 Å². The summed E-state index contributed by atoms with van der Waals surface area (Å²) in [5, 5.41) is 50.3. The molecule has 0 fully saturated rings. The molecular weight excluding hydrogens is 696 g/mol. The van der Waals surface area contributed by atoms with Gasteiger partial charge in [-0.3, -0.25) is 0 Å². The number of benzene rings is 6. The summed E-state index contributed by atoms with van der Waals surface area (Å²) < 4.78 is 0. The zero-order chi connectivity index (χ0) is 40.1. The van der Waals surface area contributed by atoms with Crippen molar-refractivity contribution >= 4 is 35.8 Å². The van der Waals surface area contributed by atoms with Gasteiger partial charge in [-0.2, -0.15) is 0 Å². The van der Waals surface area contributed by atoms with Crippen molar-refractivity contribution in [2.75, 3.05) is 0 Å². The van der Waals surface area contributed by atoms with E-state index in [1.54, 1.807) is 182 Å². The van der Waals surface area contributed by atoms with Crippen LogP contribution in [-0.4, -0.2) is 66.5 Å². The second kappa shape index (κ2) is 26.0. The third kappa shape index (κ3) is 20.0. The van der Waals surface area contributed by atoms with Gasteiger partial charge in [-0.25, -0.2) is 28.8 Å². The Kier molecular flexibility index (Phi) is 21.3. The van der Waals surface area contributed by atoms with Gasteiger partial charge in [0.2, 0.25) is 0 Å². The third-order valence-corrected chi connectivity index (χ3v) is 6.12. The average Bonchev–Trinajstić information content (AvgIpc) is 3.21. The highest BCUT2D eigenvalue weighted by Crippen LogP contribution is 2.00. The molecule has 0 spiro atoms. The van der Waals surface area contributed by atoms with Gasteiger partial charge in [-0.1, -0.05) is 109 Å². The van der Waals surface area contributed by atoms with E-state index in [0.29, 0.717) is 33.4 Å². The van der Waals surface area contributed by atoms with E-state index in [0.717, 1.165) is 0 Å². The van der Waals surface area contributed by atoms with Crippen LogP contribution in [0, 0.1) is 0 Å². The molecule has 12 heteroatoms. The van der Waals surface area contributed by atoms with Crippen LogP contribution in [0.5, 0.6) is 0 Å². The maximum atomic E-state index is 10.2. The molecule has 276 valence electrons. The van der Waals surface area contributed by atoms with Crippen LogP contribution in [0.4, 0.5) is 0 Å². The molecule has 0 bridgehead atoms. The molecule has 6 aromatic rings. The number of carboxylic acid groups (broad SMARTS) is 6. The number of carboxylic acids is 6. The standard InChI is InChI=1S/6C7H6O2/c6*8-7(9)6-4-2-1-3-5-6/h6*1-5H,(H,8,9). The Hall–Kier alpha value is -7.86. The fourth-order valence-electron chi connectivity index (χ4n) is 3.48. The molecule has 54 heavy (non-hydrogen) atoms. The Labute approximate surface area is 310 Å². The van der Waals surface area contributed by atoms with E-state index in [2.05, 4.69) is 0 Å². The molecule has 0 aliphatic heterocycles. The van der Waals surface area contributed by atoms with Crippen molar-refractivity contribution in [3.63, 3.8) is 0 Å². The quantitative estimate of drug-likeness (QED) is 0.0951. The first kappa shape index (κ1) is 44.2. The van der Waals surface area contributed by atoms with Crippen LogP contribution >= 0.6 is 0 Å². The molecule has 0 aliphatic carbocycles. The van der Waals surface area contributed by atoms with Crippen LogP contribution in [0.2, 0.25) is 0 Å². The topological polar surface area (TPSA) is 224 Å². The fraction of sp³-hybridized carbons (Fsp3) is 0. The van der Waals surface area contributed by atoms with Gasteiger partial charge >= 0.3 is 35.8 Å². The smallest absolute Gasteiger partial charge is 0.335 e. The van der Waals surface area contributed by atoms with Crippen molar-refractivity contribution in [3.05, 3.63) is 215 Å². The van der Waals surface area contributed by atoms with Gasteiger partial charge in [0, 0.05) is 0 Å². The molecular formula is C42H36O12. The molecule has 0 atom stereocenters. The first-order chi connectivity index (χ1) is 25.8. The Morgan fingerprint density at radius 3 is 0.352 bits per heavy atom. The van der Waals surface area contributed by atoms with E-state index in [4.69, 9.17) is 30.6 Å². The number of carbonyl (C=O) groups is 6. The number of rotatable bonds is 6. The number of hydrogen-bond donors (Lipinski definition) is 6. The summed E-state index contributed by atoms with van der Waals surface area (Å²) in [6.45, 7) is 0. The van der Waals surface area contributed by atoms with E-state index in [1.165, 1.54) is 0 Å². The second-order valence-corrected chi connectivity index (χ2v) is 10.0. The lowest BCUT2D eigenvalue weighted by Crippen LogP contribution is -1.93. The minimum atomic E-state index is -0.879. The molecule has 0 aromatic heterocycles. The lowest BCUT2D eigenvalue weighted by atomic mass is 10.2. The van der Waals surface area contributed by atoms with Crippen LogP contribution in [0.3, 0.4) is 0 Å². The Morgan fingerprint density at radius 2 is 0.296 bits per heavy atom. The monoisotopic (exact) mass is 732 g/mol. The minimum Gasteiger partial charge on any atom is -0.478 e. The van der Waals surface area contributed by atoms with Crippen molar-refractivity contribution in [1.82, 2.24) is 0 Å². The first-order valence-electron chi connectivity index (χ1n) is 15.5. The predicted octanol–water partition coefficient (Wildman–Crippen LogP) is 8.31. The highest BCUT2D eigenvalue weighted by molar-refractivity contribution is 5.89. The van der Waals surface area contributed by atoms with Gasteiger partial charge in [0.1, 0.15) is 0 Å². The second-order valence-electron chi connectivity index (χ2n) is 10.0. The molecule has 0 amide bonds. The lowest BCUT2D eigenvalue weighted by Gasteiger charge is -1.88. The predicted molar refractivity (Wildman–Crippen MR) is 200 cm³/mol.